The molecule has 1 saturated heterocycles. The van der Waals surface area contributed by atoms with Crippen LogP contribution in [0.25, 0.3) is 0 Å². The van der Waals surface area contributed by atoms with Crippen molar-refractivity contribution in [2.45, 2.75) is 56.8 Å². The Morgan fingerprint density at radius 3 is 2.38 bits per heavy atom. The van der Waals surface area contributed by atoms with Crippen molar-refractivity contribution in [1.82, 2.24) is 4.31 Å². The van der Waals surface area contributed by atoms with Crippen LogP contribution in [0.2, 0.25) is 0 Å². The van der Waals surface area contributed by atoms with Crippen LogP contribution >= 0.6 is 0 Å². The zero-order chi connectivity index (χ0) is 26.2. The van der Waals surface area contributed by atoms with Crippen LogP contribution in [0.4, 0.5) is 11.4 Å². The van der Waals surface area contributed by atoms with Crippen LogP contribution in [-0.4, -0.2) is 51.3 Å². The maximum Gasteiger partial charge on any atom is 0.243 e. The number of hydrogen-bond donors (Lipinski definition) is 1. The maximum atomic E-state index is 13.5. The number of nitrogens with zero attached hydrogens (tertiary/aromatic N) is 2. The Balaban J connectivity index is 1.25. The van der Waals surface area contributed by atoms with Crippen LogP contribution in [0.15, 0.2) is 41.3 Å². The molecule has 0 radical (unpaired) electrons. The standard InChI is InChI=1S/C28H35N3O5S/c1-19-8-11-26(36-2)24(17-19)29-27(32)20-12-15-30(16-13-20)37(34,35)23-9-10-25-22(18-23)7-4-14-31(25)28(33)21-5-3-6-21/h8-11,17-18,20-21H,3-7,12-16H2,1-2H3,(H,29,32). The van der Waals surface area contributed by atoms with E-state index in [1.54, 1.807) is 25.3 Å². The van der Waals surface area contributed by atoms with Crippen molar-refractivity contribution in [1.29, 1.82) is 0 Å². The van der Waals surface area contributed by atoms with Gasteiger partial charge in [-0.2, -0.15) is 4.31 Å². The number of amides is 2. The average Bonchev–Trinajstić information content (AvgIpc) is 2.87. The first kappa shape index (κ1) is 25.7. The van der Waals surface area contributed by atoms with Gasteiger partial charge in [-0.1, -0.05) is 12.5 Å². The molecule has 9 heteroatoms. The molecule has 0 unspecified atom stereocenters. The summed E-state index contributed by atoms with van der Waals surface area (Å²) in [6.45, 7) is 3.21. The molecule has 0 atom stereocenters. The van der Waals surface area contributed by atoms with E-state index in [9.17, 15) is 18.0 Å². The summed E-state index contributed by atoms with van der Waals surface area (Å²) < 4.78 is 33.8. The van der Waals surface area contributed by atoms with Crippen molar-refractivity contribution >= 4 is 33.2 Å². The van der Waals surface area contributed by atoms with Crippen LogP contribution in [0.5, 0.6) is 5.75 Å². The van der Waals surface area contributed by atoms with E-state index in [2.05, 4.69) is 5.32 Å². The molecular weight excluding hydrogens is 490 g/mol. The lowest BCUT2D eigenvalue weighted by Crippen LogP contribution is -2.42. The van der Waals surface area contributed by atoms with Gasteiger partial charge in [0.2, 0.25) is 21.8 Å². The lowest BCUT2D eigenvalue weighted by molar-refractivity contribution is -0.124. The number of carbonyl (C=O) groups excluding carboxylic acids is 2. The largest absolute Gasteiger partial charge is 0.495 e. The smallest absolute Gasteiger partial charge is 0.243 e. The first-order chi connectivity index (χ1) is 17.8. The number of methoxy groups -OCH3 is 1. The second-order valence-corrected chi connectivity index (χ2v) is 12.3. The highest BCUT2D eigenvalue weighted by atomic mass is 32.2. The topological polar surface area (TPSA) is 96.0 Å². The molecule has 1 N–H and O–H groups in total. The number of piperidine rings is 1. The number of hydrogen-bond acceptors (Lipinski definition) is 5. The molecule has 2 heterocycles. The predicted octanol–water partition coefficient (Wildman–Crippen LogP) is 4.12. The minimum atomic E-state index is -3.69. The van der Waals surface area contributed by atoms with Gasteiger partial charge in [0.05, 0.1) is 17.7 Å². The predicted molar refractivity (Wildman–Crippen MR) is 142 cm³/mol. The van der Waals surface area contributed by atoms with E-state index in [4.69, 9.17) is 4.74 Å². The molecule has 0 bridgehead atoms. The summed E-state index contributed by atoms with van der Waals surface area (Å²) >= 11 is 0. The molecule has 2 aromatic carbocycles. The van der Waals surface area contributed by atoms with Crippen LogP contribution in [0, 0.1) is 18.8 Å². The van der Waals surface area contributed by atoms with Gasteiger partial charge < -0.3 is 15.0 Å². The second-order valence-electron chi connectivity index (χ2n) is 10.4. The fourth-order valence-corrected chi connectivity index (χ4v) is 7.02. The molecule has 8 nitrogen and oxygen atoms in total. The van der Waals surface area contributed by atoms with E-state index in [0.717, 1.165) is 48.9 Å². The molecule has 3 aliphatic rings. The fourth-order valence-electron chi connectivity index (χ4n) is 5.50. The summed E-state index contributed by atoms with van der Waals surface area (Å²) in [7, 11) is -2.13. The van der Waals surface area contributed by atoms with E-state index >= 15 is 0 Å². The zero-order valence-corrected chi connectivity index (χ0v) is 22.4. The van der Waals surface area contributed by atoms with Gasteiger partial charge in [-0.15, -0.1) is 0 Å². The molecule has 5 rings (SSSR count). The van der Waals surface area contributed by atoms with Gasteiger partial charge in [0.1, 0.15) is 5.75 Å². The third kappa shape index (κ3) is 5.11. The van der Waals surface area contributed by atoms with Crippen molar-refractivity contribution < 1.29 is 22.7 Å². The monoisotopic (exact) mass is 525 g/mol. The number of ether oxygens (including phenoxy) is 1. The molecular formula is C28H35N3O5S. The molecule has 2 aliphatic heterocycles. The normalized spacial score (nSPS) is 19.1. The molecule has 2 fully saturated rings. The van der Waals surface area contributed by atoms with Gasteiger partial charge in [0.25, 0.3) is 0 Å². The highest BCUT2D eigenvalue weighted by Crippen LogP contribution is 2.36. The molecule has 0 spiro atoms. The number of sulfonamides is 1. The van der Waals surface area contributed by atoms with Crippen molar-refractivity contribution in [3.8, 4) is 5.75 Å². The van der Waals surface area contributed by atoms with Crippen molar-refractivity contribution in [3.63, 3.8) is 0 Å². The summed E-state index contributed by atoms with van der Waals surface area (Å²) in [5, 5.41) is 2.96. The summed E-state index contributed by atoms with van der Waals surface area (Å²) in [5.74, 6) is 0.489. The Bertz CT molecular complexity index is 1300. The lowest BCUT2D eigenvalue weighted by atomic mass is 9.83. The van der Waals surface area contributed by atoms with E-state index in [1.807, 2.05) is 30.0 Å². The van der Waals surface area contributed by atoms with Crippen LogP contribution in [0.1, 0.15) is 49.7 Å². The summed E-state index contributed by atoms with van der Waals surface area (Å²) in [6, 6.07) is 10.8. The minimum absolute atomic E-state index is 0.111. The number of aryl methyl sites for hydroxylation is 2. The summed E-state index contributed by atoms with van der Waals surface area (Å²) in [6.07, 6.45) is 5.50. The summed E-state index contributed by atoms with van der Waals surface area (Å²) in [4.78, 5) is 27.9. The van der Waals surface area contributed by atoms with Gasteiger partial charge >= 0.3 is 0 Å². The Morgan fingerprint density at radius 1 is 0.946 bits per heavy atom. The number of rotatable bonds is 6. The second kappa shape index (κ2) is 10.5. The number of anilines is 2. The Hall–Kier alpha value is -2.91. The van der Waals surface area contributed by atoms with Crippen LogP contribution in [-0.2, 0) is 26.0 Å². The Labute approximate surface area is 219 Å². The first-order valence-corrected chi connectivity index (χ1v) is 14.6. The number of fused-ring (bicyclic) bond motifs is 1. The fraction of sp³-hybridized carbons (Fsp3) is 0.500. The van der Waals surface area contributed by atoms with Gasteiger partial charge in [0, 0.05) is 37.2 Å². The highest BCUT2D eigenvalue weighted by Gasteiger charge is 2.35. The van der Waals surface area contributed by atoms with E-state index in [-0.39, 0.29) is 41.6 Å². The summed E-state index contributed by atoms with van der Waals surface area (Å²) in [5.41, 5.74) is 3.41. The quantitative estimate of drug-likeness (QED) is 0.612. The van der Waals surface area contributed by atoms with Crippen molar-refractivity contribution in [2.24, 2.45) is 11.8 Å². The van der Waals surface area contributed by atoms with Gasteiger partial charge in [-0.3, -0.25) is 9.59 Å². The third-order valence-corrected chi connectivity index (χ3v) is 9.86. The number of carbonyl (C=O) groups is 2. The molecule has 2 amide bonds. The highest BCUT2D eigenvalue weighted by molar-refractivity contribution is 7.89. The SMILES string of the molecule is COc1ccc(C)cc1NC(=O)C1CCN(S(=O)(=O)c2ccc3c(c2)CCCN3C(=O)C2CCC2)CC1. The lowest BCUT2D eigenvalue weighted by Gasteiger charge is -2.35. The first-order valence-electron chi connectivity index (χ1n) is 13.2. The molecule has 2 aromatic rings. The molecule has 37 heavy (non-hydrogen) atoms. The Morgan fingerprint density at radius 2 is 1.70 bits per heavy atom. The van der Waals surface area contributed by atoms with Crippen molar-refractivity contribution in [2.75, 3.05) is 37.0 Å². The number of nitrogens with one attached hydrogen (secondary N) is 1. The van der Waals surface area contributed by atoms with Crippen LogP contribution < -0.4 is 15.0 Å². The van der Waals surface area contributed by atoms with Gasteiger partial charge in [0.15, 0.2) is 0 Å². The molecule has 0 aromatic heterocycles. The van der Waals surface area contributed by atoms with E-state index in [0.29, 0.717) is 30.8 Å². The molecule has 1 aliphatic carbocycles. The van der Waals surface area contributed by atoms with Crippen molar-refractivity contribution in [3.05, 3.63) is 47.5 Å². The third-order valence-electron chi connectivity index (χ3n) is 7.97. The van der Waals surface area contributed by atoms with E-state index in [1.165, 1.54) is 4.31 Å². The zero-order valence-electron chi connectivity index (χ0n) is 21.5. The number of benzene rings is 2. The van der Waals surface area contributed by atoms with Gasteiger partial charge in [-0.25, -0.2) is 8.42 Å². The minimum Gasteiger partial charge on any atom is -0.495 e. The van der Waals surface area contributed by atoms with Crippen LogP contribution in [0.3, 0.4) is 0 Å². The molecule has 198 valence electrons. The maximum absolute atomic E-state index is 13.5. The Kier molecular flexibility index (Phi) is 7.27. The molecule has 1 saturated carbocycles. The average molecular weight is 526 g/mol. The van der Waals surface area contributed by atoms with E-state index < -0.39 is 10.0 Å². The van der Waals surface area contributed by atoms with Gasteiger partial charge in [-0.05, 0) is 86.9 Å².